The Morgan fingerprint density at radius 3 is 2.28 bits per heavy atom. The van der Waals surface area contributed by atoms with E-state index in [-0.39, 0.29) is 11.6 Å². The third-order valence-electron chi connectivity index (χ3n) is 5.64. The van der Waals surface area contributed by atoms with Crippen LogP contribution in [0.2, 0.25) is 0 Å². The SMILES string of the molecule is CC(C(=O)Nc1ccccc1C(F)(F)F)N1CCN(CC(=O)N2CCCC2)CC1. The number of amides is 2. The maximum absolute atomic E-state index is 13.1. The molecule has 0 bridgehead atoms. The molecule has 1 unspecified atom stereocenters. The van der Waals surface area contributed by atoms with E-state index in [1.165, 1.54) is 18.2 Å². The van der Waals surface area contributed by atoms with Gasteiger partial charge in [-0.2, -0.15) is 13.2 Å². The highest BCUT2D eigenvalue weighted by Gasteiger charge is 2.34. The number of alkyl halides is 3. The zero-order valence-electron chi connectivity index (χ0n) is 16.5. The normalized spacial score (nSPS) is 19.9. The van der Waals surface area contributed by atoms with Crippen molar-refractivity contribution in [1.29, 1.82) is 0 Å². The fraction of sp³-hybridized carbons (Fsp3) is 0.600. The number of likely N-dealkylation sites (tertiary alicyclic amines) is 1. The monoisotopic (exact) mass is 412 g/mol. The molecular weight excluding hydrogens is 385 g/mol. The predicted molar refractivity (Wildman–Crippen MR) is 103 cm³/mol. The number of para-hydroxylation sites is 1. The molecule has 0 aliphatic carbocycles. The molecule has 0 aromatic heterocycles. The molecule has 2 fully saturated rings. The molecule has 29 heavy (non-hydrogen) atoms. The van der Waals surface area contributed by atoms with E-state index in [2.05, 4.69) is 10.2 Å². The highest BCUT2D eigenvalue weighted by Crippen LogP contribution is 2.34. The van der Waals surface area contributed by atoms with E-state index < -0.39 is 23.7 Å². The summed E-state index contributed by atoms with van der Waals surface area (Å²) in [5.74, 6) is -0.325. The Morgan fingerprint density at radius 2 is 1.66 bits per heavy atom. The number of hydrogen-bond donors (Lipinski definition) is 1. The first kappa shape index (κ1) is 21.6. The molecule has 1 atom stereocenters. The van der Waals surface area contributed by atoms with Crippen LogP contribution in [0.4, 0.5) is 18.9 Å². The van der Waals surface area contributed by atoms with Gasteiger partial charge < -0.3 is 10.2 Å². The average Bonchev–Trinajstić information content (AvgIpc) is 3.22. The highest BCUT2D eigenvalue weighted by molar-refractivity contribution is 5.95. The number of nitrogens with one attached hydrogen (secondary N) is 1. The Kier molecular flexibility index (Phi) is 6.79. The van der Waals surface area contributed by atoms with E-state index in [4.69, 9.17) is 0 Å². The van der Waals surface area contributed by atoms with Gasteiger partial charge in [0.2, 0.25) is 11.8 Å². The minimum Gasteiger partial charge on any atom is -0.342 e. The van der Waals surface area contributed by atoms with E-state index in [0.29, 0.717) is 32.7 Å². The topological polar surface area (TPSA) is 55.9 Å². The zero-order valence-corrected chi connectivity index (χ0v) is 16.5. The number of halogens is 3. The lowest BCUT2D eigenvalue weighted by atomic mass is 10.1. The average molecular weight is 412 g/mol. The first-order valence-corrected chi connectivity index (χ1v) is 9.97. The number of nitrogens with zero attached hydrogens (tertiary/aromatic N) is 3. The van der Waals surface area contributed by atoms with E-state index in [1.54, 1.807) is 6.92 Å². The van der Waals surface area contributed by atoms with Crippen LogP contribution in [0, 0.1) is 0 Å². The van der Waals surface area contributed by atoms with Gasteiger partial charge in [0.05, 0.1) is 23.8 Å². The lowest BCUT2D eigenvalue weighted by Gasteiger charge is -2.37. The molecule has 6 nitrogen and oxygen atoms in total. The van der Waals surface area contributed by atoms with Crippen LogP contribution in [0.5, 0.6) is 0 Å². The summed E-state index contributed by atoms with van der Waals surface area (Å²) in [6.07, 6.45) is -2.41. The molecule has 1 N–H and O–H groups in total. The lowest BCUT2D eigenvalue weighted by molar-refractivity contribution is -0.137. The van der Waals surface area contributed by atoms with E-state index in [1.807, 2.05) is 9.80 Å². The van der Waals surface area contributed by atoms with Crippen LogP contribution >= 0.6 is 0 Å². The number of benzene rings is 1. The number of piperazine rings is 1. The maximum atomic E-state index is 13.1. The quantitative estimate of drug-likeness (QED) is 0.806. The van der Waals surface area contributed by atoms with Gasteiger partial charge in [0.1, 0.15) is 0 Å². The van der Waals surface area contributed by atoms with E-state index >= 15 is 0 Å². The number of carbonyl (C=O) groups is 2. The molecule has 2 aliphatic heterocycles. The molecule has 160 valence electrons. The second-order valence-electron chi connectivity index (χ2n) is 7.61. The largest absolute Gasteiger partial charge is 0.418 e. The lowest BCUT2D eigenvalue weighted by Crippen LogP contribution is -2.54. The van der Waals surface area contributed by atoms with Crippen molar-refractivity contribution in [3.63, 3.8) is 0 Å². The minimum absolute atomic E-state index is 0.144. The standard InChI is InChI=1S/C20H27F3N4O2/c1-15(19(29)24-17-7-3-2-6-16(17)20(21,22)23)26-12-10-25(11-13-26)14-18(28)27-8-4-5-9-27/h2-3,6-7,15H,4-5,8-14H2,1H3,(H,24,29). The first-order valence-electron chi connectivity index (χ1n) is 9.97. The van der Waals surface area contributed by atoms with Crippen molar-refractivity contribution in [2.45, 2.75) is 32.0 Å². The molecule has 1 aromatic carbocycles. The Bertz CT molecular complexity index is 727. The van der Waals surface area contributed by atoms with Crippen LogP contribution in [0.15, 0.2) is 24.3 Å². The van der Waals surface area contributed by atoms with Crippen molar-refractivity contribution < 1.29 is 22.8 Å². The molecule has 0 saturated carbocycles. The molecule has 9 heteroatoms. The molecule has 0 radical (unpaired) electrons. The van der Waals surface area contributed by atoms with Gasteiger partial charge in [0.15, 0.2) is 0 Å². The van der Waals surface area contributed by atoms with Crippen molar-refractivity contribution in [3.05, 3.63) is 29.8 Å². The molecule has 2 aliphatic rings. The highest BCUT2D eigenvalue weighted by atomic mass is 19.4. The van der Waals surface area contributed by atoms with E-state index in [9.17, 15) is 22.8 Å². The second-order valence-corrected chi connectivity index (χ2v) is 7.61. The van der Waals surface area contributed by atoms with Crippen LogP contribution in [-0.2, 0) is 15.8 Å². The molecule has 1 aromatic rings. The summed E-state index contributed by atoms with van der Waals surface area (Å²) < 4.78 is 39.3. The van der Waals surface area contributed by atoms with Gasteiger partial charge in [-0.1, -0.05) is 12.1 Å². The van der Waals surface area contributed by atoms with Crippen molar-refractivity contribution in [3.8, 4) is 0 Å². The summed E-state index contributed by atoms with van der Waals surface area (Å²) in [6.45, 7) is 6.20. The van der Waals surface area contributed by atoms with Crippen LogP contribution in [0.1, 0.15) is 25.3 Å². The van der Waals surface area contributed by atoms with Gasteiger partial charge in [0.25, 0.3) is 0 Å². The molecule has 0 spiro atoms. The maximum Gasteiger partial charge on any atom is 0.418 e. The number of anilines is 1. The molecule has 2 saturated heterocycles. The van der Waals surface area contributed by atoms with Gasteiger partial charge >= 0.3 is 6.18 Å². The van der Waals surface area contributed by atoms with Crippen molar-refractivity contribution in [1.82, 2.24) is 14.7 Å². The molecule has 2 heterocycles. The smallest absolute Gasteiger partial charge is 0.342 e. The summed E-state index contributed by atoms with van der Waals surface area (Å²) in [5.41, 5.74) is -1.09. The van der Waals surface area contributed by atoms with Crippen LogP contribution < -0.4 is 5.32 Å². The van der Waals surface area contributed by atoms with Gasteiger partial charge in [0, 0.05) is 39.3 Å². The Hall–Kier alpha value is -2.13. The van der Waals surface area contributed by atoms with Gasteiger partial charge in [-0.15, -0.1) is 0 Å². The molecular formula is C20H27F3N4O2. The number of hydrogen-bond acceptors (Lipinski definition) is 4. The van der Waals surface area contributed by atoms with Crippen LogP contribution in [0.3, 0.4) is 0 Å². The Labute approximate surface area is 168 Å². The van der Waals surface area contributed by atoms with Gasteiger partial charge in [-0.25, -0.2) is 0 Å². The molecule has 3 rings (SSSR count). The summed E-state index contributed by atoms with van der Waals surface area (Å²) >= 11 is 0. The fourth-order valence-corrected chi connectivity index (χ4v) is 3.81. The number of rotatable bonds is 5. The summed E-state index contributed by atoms with van der Waals surface area (Å²) in [6, 6.07) is 4.41. The summed E-state index contributed by atoms with van der Waals surface area (Å²) in [7, 11) is 0. The van der Waals surface area contributed by atoms with Crippen molar-refractivity contribution in [2.24, 2.45) is 0 Å². The summed E-state index contributed by atoms with van der Waals surface area (Å²) in [5, 5.41) is 2.42. The Morgan fingerprint density at radius 1 is 1.03 bits per heavy atom. The molecule has 2 amide bonds. The van der Waals surface area contributed by atoms with Crippen molar-refractivity contribution in [2.75, 3.05) is 51.1 Å². The number of carbonyl (C=O) groups excluding carboxylic acids is 2. The Balaban J connectivity index is 1.51. The zero-order chi connectivity index (χ0) is 21.0. The van der Waals surface area contributed by atoms with Crippen molar-refractivity contribution >= 4 is 17.5 Å². The van der Waals surface area contributed by atoms with Crippen LogP contribution in [-0.4, -0.2) is 78.4 Å². The van der Waals surface area contributed by atoms with Gasteiger partial charge in [-0.05, 0) is 31.9 Å². The van der Waals surface area contributed by atoms with Crippen LogP contribution in [0.25, 0.3) is 0 Å². The third kappa shape index (κ3) is 5.48. The minimum atomic E-state index is -4.53. The van der Waals surface area contributed by atoms with Gasteiger partial charge in [-0.3, -0.25) is 19.4 Å². The fourth-order valence-electron chi connectivity index (χ4n) is 3.81. The first-order chi connectivity index (χ1) is 13.8. The second kappa shape index (κ2) is 9.13. The predicted octanol–water partition coefficient (Wildman–Crippen LogP) is 2.27. The van der Waals surface area contributed by atoms with E-state index in [0.717, 1.165) is 32.0 Å². The summed E-state index contributed by atoms with van der Waals surface area (Å²) in [4.78, 5) is 30.7. The third-order valence-corrected chi connectivity index (χ3v) is 5.64.